The number of fused-ring (bicyclic) bond motifs is 1. The smallest absolute Gasteiger partial charge is 0.223 e. The number of hydrogen-bond donors (Lipinski definition) is 2. The summed E-state index contributed by atoms with van der Waals surface area (Å²) in [5.41, 5.74) is 5.84. The minimum atomic E-state index is 0.337. The van der Waals surface area contributed by atoms with Gasteiger partial charge in [0.05, 0.1) is 0 Å². The molecule has 1 aromatic rings. The van der Waals surface area contributed by atoms with Crippen LogP contribution in [-0.2, 0) is 0 Å². The van der Waals surface area contributed by atoms with Crippen molar-refractivity contribution in [1.29, 1.82) is 0 Å². The van der Waals surface area contributed by atoms with Crippen LogP contribution in [0, 0.1) is 11.8 Å². The first-order chi connectivity index (χ1) is 9.51. The predicted molar refractivity (Wildman–Crippen MR) is 81.9 cm³/mol. The van der Waals surface area contributed by atoms with Gasteiger partial charge in [0.25, 0.3) is 0 Å². The average molecular weight is 276 g/mol. The van der Waals surface area contributed by atoms with E-state index in [0.29, 0.717) is 12.0 Å². The third-order valence-corrected chi connectivity index (χ3v) is 4.16. The molecule has 6 heteroatoms. The number of rotatable bonds is 3. The highest BCUT2D eigenvalue weighted by Crippen LogP contribution is 2.33. The highest BCUT2D eigenvalue weighted by molar-refractivity contribution is 5.53. The Kier molecular flexibility index (Phi) is 3.41. The van der Waals surface area contributed by atoms with Gasteiger partial charge in [0.1, 0.15) is 11.6 Å². The molecule has 0 radical (unpaired) electrons. The van der Waals surface area contributed by atoms with Gasteiger partial charge in [-0.3, -0.25) is 0 Å². The number of nitrogens with one attached hydrogen (secondary N) is 1. The fourth-order valence-corrected chi connectivity index (χ4v) is 3.40. The van der Waals surface area contributed by atoms with Gasteiger partial charge >= 0.3 is 0 Å². The molecule has 0 amide bonds. The second-order valence-corrected chi connectivity index (χ2v) is 6.41. The lowest BCUT2D eigenvalue weighted by molar-refractivity contribution is 0.387. The Balaban J connectivity index is 1.76. The maximum Gasteiger partial charge on any atom is 0.223 e. The quantitative estimate of drug-likeness (QED) is 0.854. The van der Waals surface area contributed by atoms with Gasteiger partial charge in [-0.2, -0.15) is 9.97 Å². The van der Waals surface area contributed by atoms with Crippen molar-refractivity contribution in [2.75, 3.05) is 49.2 Å². The molecule has 2 fully saturated rings. The van der Waals surface area contributed by atoms with Gasteiger partial charge in [-0.1, -0.05) is 0 Å². The molecule has 0 aliphatic carbocycles. The summed E-state index contributed by atoms with van der Waals surface area (Å²) in [5, 5.41) is 3.30. The van der Waals surface area contributed by atoms with Crippen LogP contribution in [0.3, 0.4) is 0 Å². The van der Waals surface area contributed by atoms with Crippen LogP contribution in [0.15, 0.2) is 6.07 Å². The number of nitrogens with zero attached hydrogens (tertiary/aromatic N) is 4. The topological polar surface area (TPSA) is 70.3 Å². The van der Waals surface area contributed by atoms with E-state index in [9.17, 15) is 0 Å². The van der Waals surface area contributed by atoms with Crippen LogP contribution in [0.5, 0.6) is 0 Å². The minimum absolute atomic E-state index is 0.337. The summed E-state index contributed by atoms with van der Waals surface area (Å²) >= 11 is 0. The van der Waals surface area contributed by atoms with E-state index in [1.807, 2.05) is 6.07 Å². The fourth-order valence-electron chi connectivity index (χ4n) is 3.40. The van der Waals surface area contributed by atoms with Crippen LogP contribution in [0.1, 0.15) is 13.8 Å². The van der Waals surface area contributed by atoms with E-state index < -0.39 is 0 Å². The average Bonchev–Trinajstić information content (AvgIpc) is 2.84. The van der Waals surface area contributed by atoms with E-state index in [1.165, 1.54) is 13.1 Å². The van der Waals surface area contributed by atoms with E-state index in [2.05, 4.69) is 46.0 Å². The van der Waals surface area contributed by atoms with Crippen molar-refractivity contribution in [2.45, 2.75) is 19.9 Å². The fraction of sp³-hybridized carbons (Fsp3) is 0.714. The summed E-state index contributed by atoms with van der Waals surface area (Å²) in [5.74, 6) is 3.64. The lowest BCUT2D eigenvalue weighted by atomic mass is 10.0. The molecular formula is C14H24N6. The van der Waals surface area contributed by atoms with Crippen molar-refractivity contribution in [1.82, 2.24) is 14.9 Å². The van der Waals surface area contributed by atoms with Crippen molar-refractivity contribution in [2.24, 2.45) is 11.8 Å². The molecule has 2 aliphatic rings. The standard InChI is InChI=1S/C14H24N6/c1-9(2)16-12-4-13(18-14(15)17-12)20-7-10-5-19(3)6-11(10)8-20/h4,9-11H,5-8H2,1-3H3,(H3,15,16,17,18)/t10-,11+. The number of anilines is 3. The van der Waals surface area contributed by atoms with Gasteiger partial charge in [0, 0.05) is 38.3 Å². The molecule has 2 saturated heterocycles. The molecule has 3 N–H and O–H groups in total. The predicted octanol–water partition coefficient (Wildman–Crippen LogP) is 0.877. The zero-order chi connectivity index (χ0) is 14.3. The Morgan fingerprint density at radius 1 is 1.20 bits per heavy atom. The van der Waals surface area contributed by atoms with Gasteiger partial charge in [-0.25, -0.2) is 0 Å². The third kappa shape index (κ3) is 2.65. The van der Waals surface area contributed by atoms with Gasteiger partial charge in [-0.15, -0.1) is 0 Å². The van der Waals surface area contributed by atoms with Gasteiger partial charge in [0.15, 0.2) is 0 Å². The summed E-state index contributed by atoms with van der Waals surface area (Å²) in [4.78, 5) is 13.4. The summed E-state index contributed by atoms with van der Waals surface area (Å²) in [6, 6.07) is 2.35. The number of nitrogen functional groups attached to an aromatic ring is 1. The minimum Gasteiger partial charge on any atom is -0.368 e. The molecule has 0 bridgehead atoms. The Labute approximate surface area is 120 Å². The summed E-state index contributed by atoms with van der Waals surface area (Å²) < 4.78 is 0. The molecule has 1 aromatic heterocycles. The molecule has 3 rings (SSSR count). The Hall–Kier alpha value is -1.56. The zero-order valence-electron chi connectivity index (χ0n) is 12.5. The number of nitrogens with two attached hydrogens (primary N) is 1. The van der Waals surface area contributed by atoms with E-state index in [-0.39, 0.29) is 0 Å². The second kappa shape index (κ2) is 5.09. The maximum atomic E-state index is 5.84. The van der Waals surface area contributed by atoms with Gasteiger partial charge < -0.3 is 20.9 Å². The van der Waals surface area contributed by atoms with Crippen molar-refractivity contribution >= 4 is 17.6 Å². The molecule has 2 atom stereocenters. The summed E-state index contributed by atoms with van der Waals surface area (Å²) in [7, 11) is 2.20. The van der Waals surface area contributed by atoms with Crippen LogP contribution >= 0.6 is 0 Å². The molecule has 0 saturated carbocycles. The van der Waals surface area contributed by atoms with Crippen molar-refractivity contribution in [3.63, 3.8) is 0 Å². The second-order valence-electron chi connectivity index (χ2n) is 6.41. The maximum absolute atomic E-state index is 5.84. The lowest BCUT2D eigenvalue weighted by Crippen LogP contribution is -2.27. The lowest BCUT2D eigenvalue weighted by Gasteiger charge is -2.21. The van der Waals surface area contributed by atoms with Crippen LogP contribution in [0.25, 0.3) is 0 Å². The Bertz CT molecular complexity index is 475. The van der Waals surface area contributed by atoms with Crippen LogP contribution < -0.4 is 16.0 Å². The van der Waals surface area contributed by atoms with Crippen LogP contribution in [-0.4, -0.2) is 54.1 Å². The first kappa shape index (κ1) is 13.4. The molecular weight excluding hydrogens is 252 g/mol. The van der Waals surface area contributed by atoms with Gasteiger partial charge in [0.2, 0.25) is 5.95 Å². The molecule has 110 valence electrons. The van der Waals surface area contributed by atoms with Crippen molar-refractivity contribution < 1.29 is 0 Å². The Morgan fingerprint density at radius 3 is 2.45 bits per heavy atom. The summed E-state index contributed by atoms with van der Waals surface area (Å²) in [6.45, 7) is 8.72. The molecule has 0 spiro atoms. The van der Waals surface area contributed by atoms with Crippen LogP contribution in [0.4, 0.5) is 17.6 Å². The summed E-state index contributed by atoms with van der Waals surface area (Å²) in [6.07, 6.45) is 0. The normalized spacial score (nSPS) is 26.3. The molecule has 2 aliphatic heterocycles. The Morgan fingerprint density at radius 2 is 1.85 bits per heavy atom. The van der Waals surface area contributed by atoms with E-state index in [1.54, 1.807) is 0 Å². The monoisotopic (exact) mass is 276 g/mol. The zero-order valence-corrected chi connectivity index (χ0v) is 12.5. The first-order valence-electron chi connectivity index (χ1n) is 7.36. The molecule has 20 heavy (non-hydrogen) atoms. The molecule has 0 aromatic carbocycles. The van der Waals surface area contributed by atoms with Crippen LogP contribution in [0.2, 0.25) is 0 Å². The number of hydrogen-bond acceptors (Lipinski definition) is 6. The third-order valence-electron chi connectivity index (χ3n) is 4.16. The largest absolute Gasteiger partial charge is 0.368 e. The molecule has 0 unspecified atom stereocenters. The van der Waals surface area contributed by atoms with Gasteiger partial charge in [-0.05, 0) is 32.7 Å². The highest BCUT2D eigenvalue weighted by atomic mass is 15.3. The van der Waals surface area contributed by atoms with Crippen molar-refractivity contribution in [3.05, 3.63) is 6.07 Å². The van der Waals surface area contributed by atoms with E-state index in [0.717, 1.165) is 36.6 Å². The van der Waals surface area contributed by atoms with E-state index >= 15 is 0 Å². The highest BCUT2D eigenvalue weighted by Gasteiger charge is 2.39. The number of aromatic nitrogens is 2. The SMILES string of the molecule is CC(C)Nc1cc(N2C[C@H]3CN(C)C[C@H]3C2)nc(N)n1. The molecule has 3 heterocycles. The first-order valence-corrected chi connectivity index (χ1v) is 7.36. The van der Waals surface area contributed by atoms with E-state index in [4.69, 9.17) is 5.73 Å². The van der Waals surface area contributed by atoms with Crippen molar-refractivity contribution in [3.8, 4) is 0 Å². The number of likely N-dealkylation sites (tertiary alicyclic amines) is 1. The molecule has 6 nitrogen and oxygen atoms in total.